The summed E-state index contributed by atoms with van der Waals surface area (Å²) >= 11 is 0. The molecule has 0 spiro atoms. The Kier molecular flexibility index (Phi) is 5.77. The summed E-state index contributed by atoms with van der Waals surface area (Å²) in [4.78, 5) is 26.6. The van der Waals surface area contributed by atoms with Gasteiger partial charge >= 0.3 is 0 Å². The first kappa shape index (κ1) is 17.5. The van der Waals surface area contributed by atoms with Crippen molar-refractivity contribution in [2.75, 3.05) is 6.54 Å². The molecule has 2 amide bonds. The smallest absolute Gasteiger partial charge is 0.246 e. The van der Waals surface area contributed by atoms with Crippen LogP contribution in [-0.4, -0.2) is 35.3 Å². The van der Waals surface area contributed by atoms with Crippen LogP contribution in [0.1, 0.15) is 53.9 Å². The number of carbonyl (C=O) groups is 2. The van der Waals surface area contributed by atoms with E-state index >= 15 is 0 Å². The predicted octanol–water partition coefficient (Wildman–Crippen LogP) is 2.08. The quantitative estimate of drug-likeness (QED) is 0.862. The maximum absolute atomic E-state index is 12.7. The van der Waals surface area contributed by atoms with E-state index in [2.05, 4.69) is 11.4 Å². The third-order valence-corrected chi connectivity index (χ3v) is 4.13. The molecule has 0 aromatic carbocycles. The topological polar surface area (TPSA) is 73.2 Å². The van der Waals surface area contributed by atoms with Gasteiger partial charge in [0.2, 0.25) is 11.8 Å². The minimum Gasteiger partial charge on any atom is -0.344 e. The molecule has 0 aromatic heterocycles. The molecule has 3 atom stereocenters. The van der Waals surface area contributed by atoms with Crippen LogP contribution in [0.3, 0.4) is 0 Å². The van der Waals surface area contributed by atoms with Gasteiger partial charge in [-0.25, -0.2) is 0 Å². The molecular formula is C16H27N3O2. The van der Waals surface area contributed by atoms with Crippen molar-refractivity contribution in [3.63, 3.8) is 0 Å². The Bertz CT molecular complexity index is 434. The van der Waals surface area contributed by atoms with Crippen molar-refractivity contribution in [3.05, 3.63) is 0 Å². The minimum atomic E-state index is -0.546. The lowest BCUT2D eigenvalue weighted by atomic mass is 9.92. The molecule has 5 heteroatoms. The monoisotopic (exact) mass is 293 g/mol. The lowest BCUT2D eigenvalue weighted by Gasteiger charge is -2.31. The molecule has 1 aliphatic rings. The Morgan fingerprint density at radius 2 is 2.05 bits per heavy atom. The number of nitrogens with one attached hydrogen (secondary N) is 1. The highest BCUT2D eigenvalue weighted by molar-refractivity contribution is 5.90. The van der Waals surface area contributed by atoms with Gasteiger partial charge in [-0.2, -0.15) is 5.26 Å². The van der Waals surface area contributed by atoms with E-state index in [1.54, 1.807) is 4.90 Å². The van der Waals surface area contributed by atoms with Crippen molar-refractivity contribution in [2.45, 2.75) is 66.0 Å². The average Bonchev–Trinajstić information content (AvgIpc) is 2.90. The molecule has 0 saturated carbocycles. The van der Waals surface area contributed by atoms with Gasteiger partial charge in [0.25, 0.3) is 0 Å². The van der Waals surface area contributed by atoms with Crippen LogP contribution in [0.4, 0.5) is 0 Å². The molecule has 0 bridgehead atoms. The van der Waals surface area contributed by atoms with Crippen molar-refractivity contribution in [1.82, 2.24) is 10.2 Å². The normalized spacial score (nSPS) is 21.5. The molecule has 21 heavy (non-hydrogen) atoms. The second-order valence-corrected chi connectivity index (χ2v) is 6.91. The fourth-order valence-corrected chi connectivity index (χ4v) is 2.38. The van der Waals surface area contributed by atoms with Crippen molar-refractivity contribution in [2.24, 2.45) is 11.3 Å². The highest BCUT2D eigenvalue weighted by Gasteiger charge is 2.37. The van der Waals surface area contributed by atoms with Crippen LogP contribution in [-0.2, 0) is 9.59 Å². The van der Waals surface area contributed by atoms with Crippen LogP contribution in [0.15, 0.2) is 0 Å². The van der Waals surface area contributed by atoms with Crippen LogP contribution in [0.5, 0.6) is 0 Å². The van der Waals surface area contributed by atoms with Crippen LogP contribution >= 0.6 is 0 Å². The van der Waals surface area contributed by atoms with Gasteiger partial charge in [0.15, 0.2) is 0 Å². The largest absolute Gasteiger partial charge is 0.344 e. The lowest BCUT2D eigenvalue weighted by molar-refractivity contribution is -0.140. The van der Waals surface area contributed by atoms with Gasteiger partial charge < -0.3 is 10.2 Å². The van der Waals surface area contributed by atoms with E-state index in [1.807, 2.05) is 34.6 Å². The third-order valence-electron chi connectivity index (χ3n) is 4.13. The number of hydrogen-bond acceptors (Lipinski definition) is 3. The molecule has 1 N–H and O–H groups in total. The van der Waals surface area contributed by atoms with E-state index in [1.165, 1.54) is 0 Å². The number of nitrogens with zero attached hydrogens (tertiary/aromatic N) is 2. The van der Waals surface area contributed by atoms with Gasteiger partial charge in [-0.1, -0.05) is 41.0 Å². The highest BCUT2D eigenvalue weighted by atomic mass is 16.2. The number of nitriles is 1. The second kappa shape index (κ2) is 6.93. The number of likely N-dealkylation sites (tertiary alicyclic amines) is 1. The number of rotatable bonds is 4. The first-order valence-electron chi connectivity index (χ1n) is 7.73. The van der Waals surface area contributed by atoms with Gasteiger partial charge in [-0.15, -0.1) is 0 Å². The highest BCUT2D eigenvalue weighted by Crippen LogP contribution is 2.22. The van der Waals surface area contributed by atoms with Crippen molar-refractivity contribution < 1.29 is 9.59 Å². The first-order chi connectivity index (χ1) is 9.72. The standard InChI is InChI=1S/C16H27N3O2/c1-6-11(2)13(18-15(21)16(3,4)5)14(20)19-9-7-8-12(19)10-17/h11-13H,6-9H2,1-5H3,(H,18,21)/t11?,12?,13-/m0/s1. The summed E-state index contributed by atoms with van der Waals surface area (Å²) in [5.41, 5.74) is -0.536. The summed E-state index contributed by atoms with van der Waals surface area (Å²) in [5, 5.41) is 12.0. The first-order valence-corrected chi connectivity index (χ1v) is 7.73. The van der Waals surface area contributed by atoms with E-state index in [4.69, 9.17) is 5.26 Å². The maximum atomic E-state index is 12.7. The predicted molar refractivity (Wildman–Crippen MR) is 81.2 cm³/mol. The minimum absolute atomic E-state index is 0.0451. The molecular weight excluding hydrogens is 266 g/mol. The molecule has 0 aliphatic carbocycles. The molecule has 1 saturated heterocycles. The average molecular weight is 293 g/mol. The molecule has 5 nitrogen and oxygen atoms in total. The Morgan fingerprint density at radius 1 is 1.43 bits per heavy atom. The van der Waals surface area contributed by atoms with Gasteiger partial charge in [-0.3, -0.25) is 9.59 Å². The molecule has 1 heterocycles. The van der Waals surface area contributed by atoms with E-state index in [9.17, 15) is 9.59 Å². The Morgan fingerprint density at radius 3 is 2.52 bits per heavy atom. The number of carbonyl (C=O) groups excluding carboxylic acids is 2. The summed E-state index contributed by atoms with van der Waals surface area (Å²) in [5.74, 6) is -0.205. The summed E-state index contributed by atoms with van der Waals surface area (Å²) in [7, 11) is 0. The van der Waals surface area contributed by atoms with Gasteiger partial charge in [0.1, 0.15) is 12.1 Å². The van der Waals surface area contributed by atoms with Crippen molar-refractivity contribution in [3.8, 4) is 6.07 Å². The maximum Gasteiger partial charge on any atom is 0.246 e. The molecule has 1 fully saturated rings. The molecule has 0 radical (unpaired) electrons. The second-order valence-electron chi connectivity index (χ2n) is 6.91. The summed E-state index contributed by atoms with van der Waals surface area (Å²) in [6.45, 7) is 10.1. The molecule has 0 aromatic rings. The SMILES string of the molecule is CCC(C)[C@H](NC(=O)C(C)(C)C)C(=O)N1CCCC1C#N. The zero-order valence-corrected chi connectivity index (χ0v) is 13.8. The van der Waals surface area contributed by atoms with Crippen molar-refractivity contribution in [1.29, 1.82) is 5.26 Å². The Balaban J connectivity index is 2.90. The zero-order valence-electron chi connectivity index (χ0n) is 13.8. The van der Waals surface area contributed by atoms with E-state index in [-0.39, 0.29) is 23.8 Å². The molecule has 2 unspecified atom stereocenters. The zero-order chi connectivity index (χ0) is 16.2. The number of amides is 2. The molecule has 1 rings (SSSR count). The van der Waals surface area contributed by atoms with E-state index < -0.39 is 11.5 Å². The third kappa shape index (κ3) is 4.20. The van der Waals surface area contributed by atoms with Crippen LogP contribution in [0.2, 0.25) is 0 Å². The Labute approximate surface area is 127 Å². The molecule has 1 aliphatic heterocycles. The van der Waals surface area contributed by atoms with Gasteiger partial charge in [0, 0.05) is 12.0 Å². The van der Waals surface area contributed by atoms with E-state index in [0.717, 1.165) is 19.3 Å². The van der Waals surface area contributed by atoms with Gasteiger partial charge in [0.05, 0.1) is 6.07 Å². The van der Waals surface area contributed by atoms with Gasteiger partial charge in [-0.05, 0) is 18.8 Å². The fraction of sp³-hybridized carbons (Fsp3) is 0.812. The van der Waals surface area contributed by atoms with Crippen LogP contribution < -0.4 is 5.32 Å². The lowest BCUT2D eigenvalue weighted by Crippen LogP contribution is -2.54. The van der Waals surface area contributed by atoms with Crippen LogP contribution in [0, 0.1) is 22.7 Å². The summed E-state index contributed by atoms with van der Waals surface area (Å²) in [6.07, 6.45) is 2.37. The van der Waals surface area contributed by atoms with Crippen molar-refractivity contribution >= 4 is 11.8 Å². The molecule has 118 valence electrons. The van der Waals surface area contributed by atoms with E-state index in [0.29, 0.717) is 6.54 Å². The summed E-state index contributed by atoms with van der Waals surface area (Å²) in [6, 6.07) is 1.29. The van der Waals surface area contributed by atoms with Crippen LogP contribution in [0.25, 0.3) is 0 Å². The summed E-state index contributed by atoms with van der Waals surface area (Å²) < 4.78 is 0. The fourth-order valence-electron chi connectivity index (χ4n) is 2.38. The Hall–Kier alpha value is -1.57. The number of hydrogen-bond donors (Lipinski definition) is 1.